The fraction of sp³-hybridized carbons (Fsp3) is 0.364. The van der Waals surface area contributed by atoms with E-state index in [1.54, 1.807) is 23.9 Å². The number of thioether (sulfide) groups is 1. The fourth-order valence-corrected chi connectivity index (χ4v) is 2.10. The van der Waals surface area contributed by atoms with Gasteiger partial charge in [0.1, 0.15) is 5.75 Å². The minimum absolute atomic E-state index is 0.116. The first-order valence-corrected chi connectivity index (χ1v) is 6.12. The number of benzene rings is 1. The van der Waals surface area contributed by atoms with E-state index in [1.165, 1.54) is 0 Å². The lowest BCUT2D eigenvalue weighted by molar-refractivity contribution is -0.121. The van der Waals surface area contributed by atoms with E-state index in [-0.39, 0.29) is 11.7 Å². The maximum atomic E-state index is 10.8. The molecule has 0 saturated carbocycles. The average Bonchev–Trinajstić information content (AvgIpc) is 2.31. The molecule has 0 aliphatic carbocycles. The molecule has 0 fully saturated rings. The molecule has 1 rings (SSSR count). The zero-order valence-electron chi connectivity index (χ0n) is 8.98. The number of nitrogens with one attached hydrogen (secondary N) is 1. The molecule has 1 aromatic rings. The highest BCUT2D eigenvalue weighted by molar-refractivity contribution is 7.99. The summed E-state index contributed by atoms with van der Waals surface area (Å²) in [6, 6.07) is 7.10. The van der Waals surface area contributed by atoms with Crippen LogP contribution >= 0.6 is 11.8 Å². The zero-order chi connectivity index (χ0) is 11.8. The monoisotopic (exact) mass is 240 g/mol. The van der Waals surface area contributed by atoms with Gasteiger partial charge in [-0.2, -0.15) is 0 Å². The van der Waals surface area contributed by atoms with Gasteiger partial charge in [-0.3, -0.25) is 10.2 Å². The fourth-order valence-electron chi connectivity index (χ4n) is 1.19. The number of phenols is 1. The maximum absolute atomic E-state index is 10.8. The van der Waals surface area contributed by atoms with Crippen LogP contribution in [0.4, 0.5) is 0 Å². The van der Waals surface area contributed by atoms with Crippen LogP contribution in [0.15, 0.2) is 29.2 Å². The number of hydrazine groups is 1. The van der Waals surface area contributed by atoms with E-state index < -0.39 is 0 Å². The standard InChI is InChI=1S/C11H16N2O2S/c12-13-11(15)3-1-2-8-16-10-6-4-9(14)5-7-10/h4-7,14H,1-3,8,12H2,(H,13,15). The van der Waals surface area contributed by atoms with Crippen molar-refractivity contribution in [2.75, 3.05) is 5.75 Å². The highest BCUT2D eigenvalue weighted by Crippen LogP contribution is 2.21. The molecule has 1 amide bonds. The summed E-state index contributed by atoms with van der Waals surface area (Å²) in [5.74, 6) is 6.09. The predicted molar refractivity (Wildman–Crippen MR) is 65.0 cm³/mol. The van der Waals surface area contributed by atoms with Crippen LogP contribution in [0.25, 0.3) is 0 Å². The van der Waals surface area contributed by atoms with E-state index >= 15 is 0 Å². The summed E-state index contributed by atoms with van der Waals surface area (Å²) < 4.78 is 0. The normalized spacial score (nSPS) is 10.1. The van der Waals surface area contributed by atoms with Crippen molar-refractivity contribution in [2.24, 2.45) is 5.84 Å². The van der Waals surface area contributed by atoms with Gasteiger partial charge in [-0.15, -0.1) is 11.8 Å². The molecule has 0 aliphatic heterocycles. The maximum Gasteiger partial charge on any atom is 0.233 e. The second kappa shape index (κ2) is 7.14. The Morgan fingerprint density at radius 1 is 1.31 bits per heavy atom. The summed E-state index contributed by atoms with van der Waals surface area (Å²) in [4.78, 5) is 11.9. The molecular formula is C11H16N2O2S. The van der Waals surface area contributed by atoms with E-state index in [0.29, 0.717) is 6.42 Å². The Hall–Kier alpha value is -1.20. The summed E-state index contributed by atoms with van der Waals surface area (Å²) >= 11 is 1.71. The molecule has 0 aliphatic rings. The Kier molecular flexibility index (Phi) is 5.74. The Labute approximate surface area is 99.2 Å². The van der Waals surface area contributed by atoms with E-state index in [0.717, 1.165) is 23.5 Å². The second-order valence-electron chi connectivity index (χ2n) is 3.37. The van der Waals surface area contributed by atoms with Crippen LogP contribution in [0.1, 0.15) is 19.3 Å². The average molecular weight is 240 g/mol. The Morgan fingerprint density at radius 3 is 2.62 bits per heavy atom. The molecule has 16 heavy (non-hydrogen) atoms. The number of hydrogen-bond donors (Lipinski definition) is 3. The zero-order valence-corrected chi connectivity index (χ0v) is 9.80. The predicted octanol–water partition coefficient (Wildman–Crippen LogP) is 1.64. The molecule has 0 radical (unpaired) electrons. The van der Waals surface area contributed by atoms with Gasteiger partial charge in [0, 0.05) is 11.3 Å². The van der Waals surface area contributed by atoms with Crippen molar-refractivity contribution in [3.63, 3.8) is 0 Å². The number of hydrogen-bond acceptors (Lipinski definition) is 4. The van der Waals surface area contributed by atoms with E-state index in [2.05, 4.69) is 5.43 Å². The van der Waals surface area contributed by atoms with Gasteiger partial charge in [-0.05, 0) is 42.9 Å². The first-order chi connectivity index (χ1) is 7.72. The minimum atomic E-state index is -0.116. The van der Waals surface area contributed by atoms with Gasteiger partial charge >= 0.3 is 0 Å². The lowest BCUT2D eigenvalue weighted by Crippen LogP contribution is -2.29. The summed E-state index contributed by atoms with van der Waals surface area (Å²) in [5, 5.41) is 9.09. The van der Waals surface area contributed by atoms with Crippen LogP contribution in [-0.2, 0) is 4.79 Å². The van der Waals surface area contributed by atoms with Crippen molar-refractivity contribution in [3.8, 4) is 5.75 Å². The SMILES string of the molecule is NNC(=O)CCCCSc1ccc(O)cc1. The van der Waals surface area contributed by atoms with Gasteiger partial charge in [0.25, 0.3) is 0 Å². The smallest absolute Gasteiger partial charge is 0.233 e. The van der Waals surface area contributed by atoms with Gasteiger partial charge in [0.15, 0.2) is 0 Å². The van der Waals surface area contributed by atoms with E-state index in [4.69, 9.17) is 10.9 Å². The van der Waals surface area contributed by atoms with Crippen molar-refractivity contribution in [1.29, 1.82) is 0 Å². The van der Waals surface area contributed by atoms with Crippen molar-refractivity contribution >= 4 is 17.7 Å². The summed E-state index contributed by atoms with van der Waals surface area (Å²) in [6.07, 6.45) is 2.29. The number of carbonyl (C=O) groups excluding carboxylic acids is 1. The van der Waals surface area contributed by atoms with E-state index in [1.807, 2.05) is 12.1 Å². The quantitative estimate of drug-likeness (QED) is 0.232. The molecule has 88 valence electrons. The molecule has 0 bridgehead atoms. The third-order valence-electron chi connectivity index (χ3n) is 2.06. The topological polar surface area (TPSA) is 75.3 Å². The number of aromatic hydroxyl groups is 1. The lowest BCUT2D eigenvalue weighted by atomic mass is 10.2. The van der Waals surface area contributed by atoms with Crippen molar-refractivity contribution in [1.82, 2.24) is 5.43 Å². The minimum Gasteiger partial charge on any atom is -0.508 e. The molecule has 0 saturated heterocycles. The van der Waals surface area contributed by atoms with Gasteiger partial charge in [-0.25, -0.2) is 5.84 Å². The number of carbonyl (C=O) groups is 1. The van der Waals surface area contributed by atoms with Crippen LogP contribution in [0, 0.1) is 0 Å². The molecule has 1 aromatic carbocycles. The molecule has 0 aromatic heterocycles. The highest BCUT2D eigenvalue weighted by atomic mass is 32.2. The summed E-state index contributed by atoms with van der Waals surface area (Å²) in [7, 11) is 0. The summed E-state index contributed by atoms with van der Waals surface area (Å²) in [6.45, 7) is 0. The van der Waals surface area contributed by atoms with Crippen molar-refractivity contribution in [2.45, 2.75) is 24.2 Å². The molecule has 4 nitrogen and oxygen atoms in total. The number of unbranched alkanes of at least 4 members (excludes halogenated alkanes) is 1. The summed E-state index contributed by atoms with van der Waals surface area (Å²) in [5.41, 5.74) is 2.11. The van der Waals surface area contributed by atoms with Gasteiger partial charge < -0.3 is 5.11 Å². The van der Waals surface area contributed by atoms with Crippen LogP contribution in [-0.4, -0.2) is 16.8 Å². The van der Waals surface area contributed by atoms with Crippen LogP contribution in [0.5, 0.6) is 5.75 Å². The molecule has 0 atom stereocenters. The molecule has 0 spiro atoms. The first kappa shape index (κ1) is 12.9. The lowest BCUT2D eigenvalue weighted by Gasteiger charge is -2.02. The van der Waals surface area contributed by atoms with Gasteiger partial charge in [-0.1, -0.05) is 0 Å². The van der Waals surface area contributed by atoms with Gasteiger partial charge in [0.2, 0.25) is 5.91 Å². The molecule has 5 heteroatoms. The third-order valence-corrected chi connectivity index (χ3v) is 3.16. The van der Waals surface area contributed by atoms with Crippen LogP contribution < -0.4 is 11.3 Å². The third kappa shape index (κ3) is 5.04. The number of rotatable bonds is 6. The molecule has 0 unspecified atom stereocenters. The number of phenolic OH excluding ortho intramolecular Hbond substituents is 1. The second-order valence-corrected chi connectivity index (χ2v) is 4.54. The molecular weight excluding hydrogens is 224 g/mol. The Bertz CT molecular complexity index is 327. The Morgan fingerprint density at radius 2 is 2.00 bits per heavy atom. The number of amides is 1. The van der Waals surface area contributed by atoms with Crippen molar-refractivity contribution in [3.05, 3.63) is 24.3 Å². The van der Waals surface area contributed by atoms with E-state index in [9.17, 15) is 4.79 Å². The molecule has 4 N–H and O–H groups in total. The van der Waals surface area contributed by atoms with Crippen LogP contribution in [0.3, 0.4) is 0 Å². The molecule has 0 heterocycles. The van der Waals surface area contributed by atoms with Crippen molar-refractivity contribution < 1.29 is 9.90 Å². The first-order valence-electron chi connectivity index (χ1n) is 5.13. The highest BCUT2D eigenvalue weighted by Gasteiger charge is 1.98. The Balaban J connectivity index is 2.11. The van der Waals surface area contributed by atoms with Gasteiger partial charge in [0.05, 0.1) is 0 Å². The van der Waals surface area contributed by atoms with Crippen LogP contribution in [0.2, 0.25) is 0 Å². The number of nitrogens with two attached hydrogens (primary N) is 1. The largest absolute Gasteiger partial charge is 0.508 e.